The van der Waals surface area contributed by atoms with Crippen molar-refractivity contribution in [3.63, 3.8) is 0 Å². The van der Waals surface area contributed by atoms with Gasteiger partial charge in [-0.2, -0.15) is 11.8 Å². The summed E-state index contributed by atoms with van der Waals surface area (Å²) < 4.78 is 1.81. The third kappa shape index (κ3) is 3.88. The fourth-order valence-electron chi connectivity index (χ4n) is 1.63. The van der Waals surface area contributed by atoms with Gasteiger partial charge in [-0.3, -0.25) is 4.79 Å². The Kier molecular flexibility index (Phi) is 5.94. The summed E-state index contributed by atoms with van der Waals surface area (Å²) in [4.78, 5) is 10.6. The Bertz CT molecular complexity index is 385. The maximum absolute atomic E-state index is 10.6. The van der Waals surface area contributed by atoms with Crippen molar-refractivity contribution < 1.29 is 9.90 Å². The zero-order chi connectivity index (χ0) is 13.6. The average Bonchev–Trinajstić information content (AvgIpc) is 2.80. The van der Waals surface area contributed by atoms with Gasteiger partial charge in [0.05, 0.1) is 12.3 Å². The molecule has 1 N–H and O–H groups in total. The van der Waals surface area contributed by atoms with E-state index in [0.29, 0.717) is 11.7 Å². The molecule has 0 aliphatic carbocycles. The Morgan fingerprint density at radius 1 is 1.44 bits per heavy atom. The van der Waals surface area contributed by atoms with E-state index in [-0.39, 0.29) is 10.5 Å². The first-order chi connectivity index (χ1) is 8.56. The Balaban J connectivity index is 2.77. The van der Waals surface area contributed by atoms with Crippen LogP contribution in [0.4, 0.5) is 0 Å². The van der Waals surface area contributed by atoms with E-state index >= 15 is 0 Å². The molecule has 0 bridgehead atoms. The van der Waals surface area contributed by atoms with Crippen molar-refractivity contribution in [1.29, 1.82) is 0 Å². The van der Waals surface area contributed by atoms with Gasteiger partial charge in [-0.1, -0.05) is 25.6 Å². The van der Waals surface area contributed by atoms with Crippen LogP contribution < -0.4 is 0 Å². The number of hydrogen-bond acceptors (Lipinski definition) is 6. The molecule has 0 amide bonds. The number of hydrogen-bond donors (Lipinski definition) is 1. The molecule has 0 saturated heterocycles. The van der Waals surface area contributed by atoms with E-state index in [0.717, 1.165) is 24.6 Å². The first-order valence-corrected chi connectivity index (χ1v) is 7.94. The highest BCUT2D eigenvalue weighted by molar-refractivity contribution is 8.00. The van der Waals surface area contributed by atoms with Crippen LogP contribution in [0, 0.1) is 0 Å². The van der Waals surface area contributed by atoms with Crippen molar-refractivity contribution in [1.82, 2.24) is 20.2 Å². The lowest BCUT2D eigenvalue weighted by molar-refractivity contribution is -0.133. The van der Waals surface area contributed by atoms with Crippen molar-refractivity contribution in [3.05, 3.63) is 0 Å². The molecule has 1 aromatic heterocycles. The van der Waals surface area contributed by atoms with Gasteiger partial charge in [-0.15, -0.1) is 5.10 Å². The van der Waals surface area contributed by atoms with E-state index in [2.05, 4.69) is 35.6 Å². The minimum Gasteiger partial charge on any atom is -0.481 e. The van der Waals surface area contributed by atoms with Crippen LogP contribution >= 0.6 is 23.5 Å². The first kappa shape index (κ1) is 15.3. The van der Waals surface area contributed by atoms with Gasteiger partial charge in [-0.25, -0.2) is 4.68 Å². The van der Waals surface area contributed by atoms with Crippen LogP contribution in [0.5, 0.6) is 0 Å². The van der Waals surface area contributed by atoms with Crippen LogP contribution in [-0.2, 0) is 11.3 Å². The average molecular weight is 290 g/mol. The second-order valence-corrected chi connectivity index (χ2v) is 6.11. The number of carbonyl (C=O) groups is 1. The molecule has 0 fully saturated rings. The standard InChI is InChI=1S/C10H18N4O2S2/c1-4-10(5-2,17-3)7-14-9(11-12-13-14)18-6-8(15)16/h4-7H2,1-3H3,(H,15,16). The minimum absolute atomic E-state index is 0.0229. The largest absolute Gasteiger partial charge is 0.481 e. The third-order valence-corrected chi connectivity index (χ3v) is 5.50. The second kappa shape index (κ2) is 6.98. The number of carboxylic acid groups (broad SMARTS) is 1. The normalized spacial score (nSPS) is 11.7. The van der Waals surface area contributed by atoms with Crippen LogP contribution in [-0.4, -0.2) is 48.0 Å². The lowest BCUT2D eigenvalue weighted by atomic mass is 10.0. The summed E-state index contributed by atoms with van der Waals surface area (Å²) in [7, 11) is 0. The zero-order valence-electron chi connectivity index (χ0n) is 10.8. The first-order valence-electron chi connectivity index (χ1n) is 5.72. The maximum Gasteiger partial charge on any atom is 0.313 e. The summed E-state index contributed by atoms with van der Waals surface area (Å²) >= 11 is 2.96. The maximum atomic E-state index is 10.6. The van der Waals surface area contributed by atoms with Gasteiger partial charge in [-0.05, 0) is 29.5 Å². The molecule has 18 heavy (non-hydrogen) atoms. The van der Waals surface area contributed by atoms with Gasteiger partial charge in [0, 0.05) is 4.75 Å². The number of rotatable bonds is 8. The zero-order valence-corrected chi connectivity index (χ0v) is 12.4. The molecule has 0 saturated carbocycles. The second-order valence-electron chi connectivity index (χ2n) is 3.90. The summed E-state index contributed by atoms with van der Waals surface area (Å²) in [5.74, 6) is -0.887. The number of nitrogens with zero attached hydrogens (tertiary/aromatic N) is 4. The molecule has 0 aromatic carbocycles. The molecular weight excluding hydrogens is 272 g/mol. The topological polar surface area (TPSA) is 80.9 Å². The number of tetrazole rings is 1. The molecule has 1 rings (SSSR count). The van der Waals surface area contributed by atoms with Crippen molar-refractivity contribution in [2.24, 2.45) is 0 Å². The van der Waals surface area contributed by atoms with E-state index < -0.39 is 5.97 Å². The summed E-state index contributed by atoms with van der Waals surface area (Å²) in [5.41, 5.74) is 0. The van der Waals surface area contributed by atoms with Gasteiger partial charge in [0.2, 0.25) is 5.16 Å². The van der Waals surface area contributed by atoms with E-state index in [1.54, 1.807) is 16.4 Å². The quantitative estimate of drug-likeness (QED) is 0.731. The molecule has 1 aromatic rings. The van der Waals surface area contributed by atoms with Crippen molar-refractivity contribution in [2.75, 3.05) is 12.0 Å². The van der Waals surface area contributed by atoms with Crippen LogP contribution in [0.2, 0.25) is 0 Å². The number of aromatic nitrogens is 4. The molecule has 1 heterocycles. The van der Waals surface area contributed by atoms with Gasteiger partial charge in [0.15, 0.2) is 0 Å². The molecule has 0 unspecified atom stereocenters. The molecule has 0 spiro atoms. The highest BCUT2D eigenvalue weighted by Gasteiger charge is 2.27. The molecule has 0 atom stereocenters. The number of aliphatic carboxylic acids is 1. The Hall–Kier alpha value is -0.760. The fourth-order valence-corrected chi connectivity index (χ4v) is 3.05. The summed E-state index contributed by atoms with van der Waals surface area (Å²) in [6.07, 6.45) is 4.13. The fraction of sp³-hybridized carbons (Fsp3) is 0.800. The highest BCUT2D eigenvalue weighted by Crippen LogP contribution is 2.32. The van der Waals surface area contributed by atoms with Crippen LogP contribution in [0.1, 0.15) is 26.7 Å². The number of thioether (sulfide) groups is 2. The van der Waals surface area contributed by atoms with Crippen LogP contribution in [0.25, 0.3) is 0 Å². The van der Waals surface area contributed by atoms with Crippen molar-refractivity contribution in [2.45, 2.75) is 43.1 Å². The molecule has 8 heteroatoms. The smallest absolute Gasteiger partial charge is 0.313 e. The lowest BCUT2D eigenvalue weighted by Crippen LogP contribution is -2.30. The van der Waals surface area contributed by atoms with Gasteiger partial charge < -0.3 is 5.11 Å². The van der Waals surface area contributed by atoms with Crippen molar-refractivity contribution >= 4 is 29.5 Å². The van der Waals surface area contributed by atoms with Crippen LogP contribution in [0.3, 0.4) is 0 Å². The van der Waals surface area contributed by atoms with Gasteiger partial charge in [0.25, 0.3) is 0 Å². The SMILES string of the molecule is CCC(CC)(Cn1nnnc1SCC(=O)O)SC. The van der Waals surface area contributed by atoms with E-state index in [1.165, 1.54) is 0 Å². The van der Waals surface area contributed by atoms with Crippen LogP contribution in [0.15, 0.2) is 5.16 Å². The van der Waals surface area contributed by atoms with E-state index in [1.807, 2.05) is 0 Å². The summed E-state index contributed by atoms with van der Waals surface area (Å²) in [6, 6.07) is 0. The Morgan fingerprint density at radius 3 is 2.61 bits per heavy atom. The number of carboxylic acids is 1. The molecule has 0 aliphatic heterocycles. The third-order valence-electron chi connectivity index (χ3n) is 2.98. The predicted octanol–water partition coefficient (Wildman–Crippen LogP) is 1.77. The molecule has 102 valence electrons. The minimum atomic E-state index is -0.864. The van der Waals surface area contributed by atoms with Gasteiger partial charge in [0.1, 0.15) is 0 Å². The Labute approximate surface area is 115 Å². The Morgan fingerprint density at radius 2 is 2.11 bits per heavy atom. The molecule has 0 aliphatic rings. The van der Waals surface area contributed by atoms with Gasteiger partial charge >= 0.3 is 5.97 Å². The van der Waals surface area contributed by atoms with E-state index in [4.69, 9.17) is 5.11 Å². The van der Waals surface area contributed by atoms with E-state index in [9.17, 15) is 4.79 Å². The molecule has 6 nitrogen and oxygen atoms in total. The predicted molar refractivity (Wildman–Crippen MR) is 73.0 cm³/mol. The monoisotopic (exact) mass is 290 g/mol. The lowest BCUT2D eigenvalue weighted by Gasteiger charge is -2.29. The molecule has 0 radical (unpaired) electrons. The molecular formula is C10H18N4O2S2. The summed E-state index contributed by atoms with van der Waals surface area (Å²) in [6.45, 7) is 5.00. The summed E-state index contributed by atoms with van der Waals surface area (Å²) in [5, 5.41) is 20.7. The highest BCUT2D eigenvalue weighted by atomic mass is 32.2. The van der Waals surface area contributed by atoms with Crippen molar-refractivity contribution in [3.8, 4) is 0 Å².